The number of allylic oxidation sites excluding steroid dienone is 2. The van der Waals surface area contributed by atoms with Crippen molar-refractivity contribution in [1.82, 2.24) is 14.8 Å². The number of rotatable bonds is 6. The number of carbonyl (C=O) groups excluding carboxylic acids is 2. The molecule has 0 radical (unpaired) electrons. The molecule has 0 bridgehead atoms. The van der Waals surface area contributed by atoms with Gasteiger partial charge in [-0.2, -0.15) is 5.10 Å². The lowest BCUT2D eigenvalue weighted by atomic mass is 10.1. The highest BCUT2D eigenvalue weighted by molar-refractivity contribution is 5.94. The van der Waals surface area contributed by atoms with E-state index in [4.69, 9.17) is 0 Å². The molecule has 0 spiro atoms. The first-order valence-corrected chi connectivity index (χ1v) is 8.33. The van der Waals surface area contributed by atoms with E-state index in [2.05, 4.69) is 32.9 Å². The standard InChI is InChI=1S/C18H21N5O2/c1-13(23-12-19-11-20-23)18(25)22-16-8-6-15(7-9-16)21-17(24)10-14-4-2-3-5-14/h2,4,6-9,11-14H,3,5,10H2,1H3,(H,21,24)(H,22,25)/t13-,14-/m1/s1. The minimum atomic E-state index is -0.457. The molecule has 0 saturated heterocycles. The summed E-state index contributed by atoms with van der Waals surface area (Å²) >= 11 is 0. The number of carbonyl (C=O) groups is 2. The Bertz CT molecular complexity index is 752. The second kappa shape index (κ2) is 7.74. The lowest BCUT2D eigenvalue weighted by Crippen LogP contribution is -2.24. The van der Waals surface area contributed by atoms with E-state index in [-0.39, 0.29) is 11.8 Å². The normalized spacial score (nSPS) is 17.2. The molecular weight excluding hydrogens is 318 g/mol. The number of anilines is 2. The van der Waals surface area contributed by atoms with E-state index in [1.807, 2.05) is 0 Å². The Labute approximate surface area is 146 Å². The molecule has 0 aliphatic heterocycles. The zero-order valence-electron chi connectivity index (χ0n) is 14.1. The molecule has 0 saturated carbocycles. The average molecular weight is 339 g/mol. The van der Waals surface area contributed by atoms with E-state index in [1.54, 1.807) is 31.2 Å². The Balaban J connectivity index is 1.52. The van der Waals surface area contributed by atoms with Crippen LogP contribution in [-0.4, -0.2) is 26.6 Å². The van der Waals surface area contributed by atoms with E-state index in [9.17, 15) is 9.59 Å². The summed E-state index contributed by atoms with van der Waals surface area (Å²) in [7, 11) is 0. The van der Waals surface area contributed by atoms with Gasteiger partial charge in [0, 0.05) is 17.8 Å². The fraction of sp³-hybridized carbons (Fsp3) is 0.333. The highest BCUT2D eigenvalue weighted by Crippen LogP contribution is 2.21. The summed E-state index contributed by atoms with van der Waals surface area (Å²) < 4.78 is 1.49. The van der Waals surface area contributed by atoms with E-state index in [0.29, 0.717) is 23.7 Å². The quantitative estimate of drug-likeness (QED) is 0.792. The summed E-state index contributed by atoms with van der Waals surface area (Å²) in [4.78, 5) is 28.0. The number of hydrogen-bond donors (Lipinski definition) is 2. The Kier molecular flexibility index (Phi) is 5.23. The second-order valence-corrected chi connectivity index (χ2v) is 6.14. The molecule has 25 heavy (non-hydrogen) atoms. The number of aromatic nitrogens is 3. The lowest BCUT2D eigenvalue weighted by molar-refractivity contribution is -0.119. The van der Waals surface area contributed by atoms with Gasteiger partial charge in [-0.25, -0.2) is 9.67 Å². The summed E-state index contributed by atoms with van der Waals surface area (Å²) in [5.74, 6) is 0.167. The smallest absolute Gasteiger partial charge is 0.249 e. The molecule has 0 unspecified atom stereocenters. The summed E-state index contributed by atoms with van der Waals surface area (Å²) in [6.07, 6.45) is 9.72. The van der Waals surface area contributed by atoms with Crippen molar-refractivity contribution in [2.75, 3.05) is 10.6 Å². The first-order valence-electron chi connectivity index (χ1n) is 8.33. The van der Waals surface area contributed by atoms with E-state index in [0.717, 1.165) is 12.8 Å². The second-order valence-electron chi connectivity index (χ2n) is 6.14. The summed E-state index contributed by atoms with van der Waals surface area (Å²) in [6, 6.07) is 6.62. The molecule has 2 amide bonds. The molecule has 1 aromatic heterocycles. The van der Waals surface area contributed by atoms with Crippen molar-refractivity contribution < 1.29 is 9.59 Å². The maximum atomic E-state index is 12.2. The fourth-order valence-electron chi connectivity index (χ4n) is 2.74. The summed E-state index contributed by atoms with van der Waals surface area (Å²) in [5.41, 5.74) is 1.38. The SMILES string of the molecule is C[C@H](C(=O)Nc1ccc(NC(=O)C[C@@H]2C=CCC2)cc1)n1cncn1. The molecule has 0 fully saturated rings. The summed E-state index contributed by atoms with van der Waals surface area (Å²) in [6.45, 7) is 1.75. The zero-order chi connectivity index (χ0) is 17.6. The van der Waals surface area contributed by atoms with Crippen molar-refractivity contribution >= 4 is 23.2 Å². The highest BCUT2D eigenvalue weighted by atomic mass is 16.2. The van der Waals surface area contributed by atoms with Gasteiger partial charge in [0.05, 0.1) is 0 Å². The van der Waals surface area contributed by atoms with Crippen LogP contribution in [0.3, 0.4) is 0 Å². The average Bonchev–Trinajstić information content (AvgIpc) is 3.29. The van der Waals surface area contributed by atoms with Gasteiger partial charge < -0.3 is 10.6 Å². The Hall–Kier alpha value is -2.96. The third-order valence-electron chi connectivity index (χ3n) is 4.21. The van der Waals surface area contributed by atoms with Gasteiger partial charge in [-0.3, -0.25) is 9.59 Å². The van der Waals surface area contributed by atoms with Crippen LogP contribution in [0.25, 0.3) is 0 Å². The largest absolute Gasteiger partial charge is 0.326 e. The van der Waals surface area contributed by atoms with Gasteiger partial charge in [0.25, 0.3) is 0 Å². The molecule has 7 heteroatoms. The van der Waals surface area contributed by atoms with Crippen LogP contribution < -0.4 is 10.6 Å². The van der Waals surface area contributed by atoms with Crippen molar-refractivity contribution in [3.8, 4) is 0 Å². The third kappa shape index (κ3) is 4.53. The van der Waals surface area contributed by atoms with Crippen LogP contribution in [0.15, 0.2) is 49.1 Å². The Morgan fingerprint density at radius 3 is 2.56 bits per heavy atom. The molecular formula is C18H21N5O2. The van der Waals surface area contributed by atoms with E-state index >= 15 is 0 Å². The van der Waals surface area contributed by atoms with Gasteiger partial charge in [-0.1, -0.05) is 12.2 Å². The van der Waals surface area contributed by atoms with Crippen molar-refractivity contribution in [3.63, 3.8) is 0 Å². The van der Waals surface area contributed by atoms with Crippen LogP contribution in [0.4, 0.5) is 11.4 Å². The van der Waals surface area contributed by atoms with Crippen LogP contribution in [0.1, 0.15) is 32.2 Å². The minimum Gasteiger partial charge on any atom is -0.326 e. The third-order valence-corrected chi connectivity index (χ3v) is 4.21. The van der Waals surface area contributed by atoms with E-state index in [1.165, 1.54) is 17.3 Å². The fourth-order valence-corrected chi connectivity index (χ4v) is 2.74. The van der Waals surface area contributed by atoms with Gasteiger partial charge in [0.15, 0.2) is 0 Å². The number of benzene rings is 1. The molecule has 1 aliphatic carbocycles. The van der Waals surface area contributed by atoms with Crippen LogP contribution >= 0.6 is 0 Å². The maximum Gasteiger partial charge on any atom is 0.249 e. The topological polar surface area (TPSA) is 88.9 Å². The number of nitrogens with one attached hydrogen (secondary N) is 2. The molecule has 7 nitrogen and oxygen atoms in total. The molecule has 1 heterocycles. The zero-order valence-corrected chi connectivity index (χ0v) is 14.1. The first kappa shape index (κ1) is 16.9. The predicted octanol–water partition coefficient (Wildman–Crippen LogP) is 2.77. The molecule has 1 aliphatic rings. The van der Waals surface area contributed by atoms with Crippen molar-refractivity contribution in [3.05, 3.63) is 49.1 Å². The molecule has 130 valence electrons. The molecule has 1 aromatic carbocycles. The maximum absolute atomic E-state index is 12.2. The highest BCUT2D eigenvalue weighted by Gasteiger charge is 2.16. The van der Waals surface area contributed by atoms with Gasteiger partial charge in [0.1, 0.15) is 18.7 Å². The van der Waals surface area contributed by atoms with Gasteiger partial charge >= 0.3 is 0 Å². The summed E-state index contributed by atoms with van der Waals surface area (Å²) in [5, 5.41) is 9.67. The molecule has 2 N–H and O–H groups in total. The lowest BCUT2D eigenvalue weighted by Gasteiger charge is -2.13. The Morgan fingerprint density at radius 2 is 1.96 bits per heavy atom. The Morgan fingerprint density at radius 1 is 1.24 bits per heavy atom. The monoisotopic (exact) mass is 339 g/mol. The molecule has 2 atom stereocenters. The van der Waals surface area contributed by atoms with Crippen molar-refractivity contribution in [1.29, 1.82) is 0 Å². The van der Waals surface area contributed by atoms with Crippen LogP contribution in [0.5, 0.6) is 0 Å². The first-order chi connectivity index (χ1) is 12.1. The molecule has 3 rings (SSSR count). The number of nitrogens with zero attached hydrogens (tertiary/aromatic N) is 3. The van der Waals surface area contributed by atoms with Gasteiger partial charge in [-0.15, -0.1) is 0 Å². The van der Waals surface area contributed by atoms with Crippen LogP contribution in [-0.2, 0) is 9.59 Å². The van der Waals surface area contributed by atoms with Crippen LogP contribution in [0.2, 0.25) is 0 Å². The van der Waals surface area contributed by atoms with Gasteiger partial charge in [0.2, 0.25) is 11.8 Å². The minimum absolute atomic E-state index is 0.00754. The van der Waals surface area contributed by atoms with Crippen LogP contribution in [0, 0.1) is 5.92 Å². The van der Waals surface area contributed by atoms with E-state index < -0.39 is 6.04 Å². The molecule has 2 aromatic rings. The number of amides is 2. The number of hydrogen-bond acceptors (Lipinski definition) is 4. The van der Waals surface area contributed by atoms with Crippen molar-refractivity contribution in [2.24, 2.45) is 5.92 Å². The van der Waals surface area contributed by atoms with Gasteiger partial charge in [-0.05, 0) is 49.9 Å². The predicted molar refractivity (Wildman–Crippen MR) is 94.9 cm³/mol. The van der Waals surface area contributed by atoms with Crippen molar-refractivity contribution in [2.45, 2.75) is 32.2 Å².